The van der Waals surface area contributed by atoms with Gasteiger partial charge in [0.2, 0.25) is 0 Å². The fourth-order valence-electron chi connectivity index (χ4n) is 3.18. The van der Waals surface area contributed by atoms with Crippen LogP contribution in [0.25, 0.3) is 0 Å². The SMILES string of the molecule is CC(C)Cc1ccc(C(C)Pc2ccccc2CN(C)C)c([O][Tl]([Cl])[Cl])c1. The molecule has 2 aromatic rings. The van der Waals surface area contributed by atoms with E-state index >= 15 is 0 Å². The number of hydrogen-bond donors (Lipinski definition) is 0. The van der Waals surface area contributed by atoms with Crippen LogP contribution >= 0.6 is 25.2 Å². The molecule has 2 atom stereocenters. The predicted octanol–water partition coefficient (Wildman–Crippen LogP) is 5.85. The number of hydrogen-bond acceptors (Lipinski definition) is 2. The third-order valence-electron chi connectivity index (χ3n) is 4.28. The summed E-state index contributed by atoms with van der Waals surface area (Å²) >= 11 is -2.99. The van der Waals surface area contributed by atoms with Crippen LogP contribution in [0.3, 0.4) is 0 Å². The quantitative estimate of drug-likeness (QED) is 0.259. The van der Waals surface area contributed by atoms with E-state index in [0.29, 0.717) is 20.2 Å². The number of benzene rings is 2. The van der Waals surface area contributed by atoms with Gasteiger partial charge < -0.3 is 0 Å². The van der Waals surface area contributed by atoms with Crippen molar-refractivity contribution < 1.29 is 2.69 Å². The molecule has 146 valence electrons. The van der Waals surface area contributed by atoms with Gasteiger partial charge in [0.25, 0.3) is 0 Å². The van der Waals surface area contributed by atoms with Gasteiger partial charge in [-0.1, -0.05) is 0 Å². The Hall–Kier alpha value is 0.132. The average Bonchev–Trinajstić information content (AvgIpc) is 2.55. The minimum atomic E-state index is -2.99. The van der Waals surface area contributed by atoms with Crippen molar-refractivity contribution in [2.75, 3.05) is 14.1 Å². The van der Waals surface area contributed by atoms with Crippen molar-refractivity contribution in [2.45, 2.75) is 39.4 Å². The van der Waals surface area contributed by atoms with E-state index in [1.54, 1.807) is 0 Å². The summed E-state index contributed by atoms with van der Waals surface area (Å²) in [4.78, 5) is 2.21. The molecule has 0 fully saturated rings. The van der Waals surface area contributed by atoms with E-state index in [0.717, 1.165) is 18.7 Å². The molecular weight excluding hydrogens is 588 g/mol. The first-order chi connectivity index (χ1) is 12.8. The summed E-state index contributed by atoms with van der Waals surface area (Å²) in [5.74, 6) is 1.50. The maximum atomic E-state index is 6.15. The molecule has 2 rings (SSSR count). The molecule has 0 spiro atoms. The van der Waals surface area contributed by atoms with E-state index in [1.165, 1.54) is 22.0 Å². The molecule has 0 bridgehead atoms. The molecule has 0 aliphatic rings. The first-order valence-electron chi connectivity index (χ1n) is 9.33. The van der Waals surface area contributed by atoms with Crippen molar-refractivity contribution in [3.8, 4) is 5.75 Å². The van der Waals surface area contributed by atoms with Crippen LogP contribution in [0.2, 0.25) is 0 Å². The van der Waals surface area contributed by atoms with Crippen molar-refractivity contribution in [1.82, 2.24) is 4.90 Å². The molecule has 0 N–H and O–H groups in total. The van der Waals surface area contributed by atoms with E-state index in [2.05, 4.69) is 82.2 Å². The Kier molecular flexibility index (Phi) is 9.84. The third kappa shape index (κ3) is 7.81. The zero-order chi connectivity index (χ0) is 20.0. The number of nitrogens with zero attached hydrogens (tertiary/aromatic N) is 1. The van der Waals surface area contributed by atoms with E-state index < -0.39 is 20.7 Å². The number of halogens is 2. The molecule has 0 saturated carbocycles. The fraction of sp³-hybridized carbons (Fsp3) is 0.429. The van der Waals surface area contributed by atoms with E-state index in [4.69, 9.17) is 19.3 Å². The van der Waals surface area contributed by atoms with E-state index in [1.807, 2.05) is 0 Å². The summed E-state index contributed by atoms with van der Waals surface area (Å²) in [6.07, 6.45) is 1.03. The topological polar surface area (TPSA) is 12.5 Å². The molecule has 0 saturated heterocycles. The molecule has 2 unspecified atom stereocenters. The van der Waals surface area contributed by atoms with Crippen LogP contribution in [-0.4, -0.2) is 39.7 Å². The second-order valence-corrected chi connectivity index (χ2v) is 21.2. The Bertz CT molecular complexity index is 740. The zero-order valence-corrected chi connectivity index (χ0v) is 23.8. The molecule has 0 heterocycles. The standard InChI is InChI=1S/C21H30NOP.2ClH.Tl/c1-15(2)12-17-10-11-19(20(23)13-17)16(3)24-21-9-7-6-8-18(21)14-22(4)5;;;/h6-11,13,15-16,23-24H,12,14H2,1-5H3;2*1H;/q;;;+3/p-3. The first-order valence-corrected chi connectivity index (χ1v) is 23.3. The normalized spacial score (nSPS) is 12.9. The third-order valence-corrected chi connectivity index (χ3v) is 9.07. The molecule has 2 nitrogen and oxygen atoms in total. The summed E-state index contributed by atoms with van der Waals surface area (Å²) in [7, 11) is 17.2. The van der Waals surface area contributed by atoms with Crippen LogP contribution in [0, 0.1) is 5.92 Å². The number of rotatable bonds is 9. The molecule has 0 aliphatic carbocycles. The second kappa shape index (κ2) is 11.4. The zero-order valence-electron chi connectivity index (χ0n) is 16.8. The van der Waals surface area contributed by atoms with Gasteiger partial charge in [-0.3, -0.25) is 0 Å². The van der Waals surface area contributed by atoms with Crippen molar-refractivity contribution in [3.05, 3.63) is 59.2 Å². The van der Waals surface area contributed by atoms with Gasteiger partial charge in [-0.25, -0.2) is 0 Å². The van der Waals surface area contributed by atoms with Crippen LogP contribution in [0.4, 0.5) is 0 Å². The molecule has 0 amide bonds. The summed E-state index contributed by atoms with van der Waals surface area (Å²) in [6.45, 7) is 7.68. The van der Waals surface area contributed by atoms with E-state index in [9.17, 15) is 0 Å². The molecule has 0 radical (unpaired) electrons. The van der Waals surface area contributed by atoms with Gasteiger partial charge in [0, 0.05) is 0 Å². The molecule has 2 aromatic carbocycles. The van der Waals surface area contributed by atoms with E-state index in [-0.39, 0.29) is 0 Å². The monoisotopic (exact) mass is 617 g/mol. The Balaban J connectivity index is 2.28. The van der Waals surface area contributed by atoms with Crippen molar-refractivity contribution in [3.63, 3.8) is 0 Å². The fourth-order valence-corrected chi connectivity index (χ4v) is 7.81. The van der Waals surface area contributed by atoms with Crippen molar-refractivity contribution >= 4 is 51.2 Å². The van der Waals surface area contributed by atoms with Crippen molar-refractivity contribution in [2.24, 2.45) is 5.92 Å². The summed E-state index contributed by atoms with van der Waals surface area (Å²) in [6, 6.07) is 15.3. The first kappa shape index (κ1) is 23.4. The maximum absolute atomic E-state index is 6.15. The molecule has 6 heteroatoms. The Labute approximate surface area is 182 Å². The van der Waals surface area contributed by atoms with Gasteiger partial charge in [-0.05, 0) is 0 Å². The van der Waals surface area contributed by atoms with Gasteiger partial charge in [0.05, 0.1) is 0 Å². The van der Waals surface area contributed by atoms with Crippen LogP contribution in [0.15, 0.2) is 42.5 Å². The minimum absolute atomic E-state index is 0.358. The summed E-state index contributed by atoms with van der Waals surface area (Å²) in [5.41, 5.74) is 4.25. The average molecular weight is 618 g/mol. The van der Waals surface area contributed by atoms with Crippen LogP contribution in [-0.2, 0) is 13.0 Å². The summed E-state index contributed by atoms with van der Waals surface area (Å²) < 4.78 is 5.97. The predicted molar refractivity (Wildman–Crippen MR) is 123 cm³/mol. The molecule has 0 aliphatic heterocycles. The van der Waals surface area contributed by atoms with Gasteiger partial charge in [0.15, 0.2) is 0 Å². The van der Waals surface area contributed by atoms with Crippen LogP contribution in [0.5, 0.6) is 5.75 Å². The molecule has 27 heavy (non-hydrogen) atoms. The van der Waals surface area contributed by atoms with Gasteiger partial charge in [-0.2, -0.15) is 0 Å². The van der Waals surface area contributed by atoms with Crippen LogP contribution < -0.4 is 7.99 Å². The molecule has 0 aromatic heterocycles. The van der Waals surface area contributed by atoms with Crippen LogP contribution in [0.1, 0.15) is 43.1 Å². The Morgan fingerprint density at radius 2 is 1.78 bits per heavy atom. The summed E-state index contributed by atoms with van der Waals surface area (Å²) in [5, 5.41) is 1.41. The Morgan fingerprint density at radius 1 is 1.07 bits per heavy atom. The Morgan fingerprint density at radius 3 is 2.41 bits per heavy atom. The van der Waals surface area contributed by atoms with Crippen molar-refractivity contribution in [1.29, 1.82) is 0 Å². The van der Waals surface area contributed by atoms with Gasteiger partial charge in [0.1, 0.15) is 0 Å². The van der Waals surface area contributed by atoms with Gasteiger partial charge >= 0.3 is 183 Å². The molecular formula is C21H29Cl2NOPTl. The second-order valence-electron chi connectivity index (χ2n) is 7.61. The van der Waals surface area contributed by atoms with Gasteiger partial charge in [-0.15, -0.1) is 0 Å².